The van der Waals surface area contributed by atoms with E-state index in [1.807, 2.05) is 0 Å². The highest BCUT2D eigenvalue weighted by Crippen LogP contribution is 2.34. The number of fused-ring (bicyclic) bond motifs is 1. The summed E-state index contributed by atoms with van der Waals surface area (Å²) in [5, 5.41) is 18.8. The van der Waals surface area contributed by atoms with E-state index in [9.17, 15) is 22.4 Å². The number of hydrogen-bond donors (Lipinski definition) is 2. The topological polar surface area (TPSA) is 57.5 Å². The van der Waals surface area contributed by atoms with E-state index in [1.54, 1.807) is 24.3 Å². The summed E-state index contributed by atoms with van der Waals surface area (Å²) in [7, 11) is 0. The maximum absolute atomic E-state index is 13.6. The Morgan fingerprint density at radius 3 is 2.14 bits per heavy atom. The minimum Gasteiger partial charge on any atom is -0.356 e. The van der Waals surface area contributed by atoms with E-state index in [1.165, 1.54) is 12.1 Å². The molecule has 0 aliphatic rings. The average Bonchev–Trinajstić information content (AvgIpc) is 2.44. The molecule has 2 rings (SSSR count). The van der Waals surface area contributed by atoms with Crippen LogP contribution in [0.1, 0.15) is 10.4 Å². The molecule has 3 nitrogen and oxygen atoms in total. The molecule has 0 heterocycles. The number of halogens is 4. The molecule has 2 aromatic carbocycles. The first-order valence-electron chi connectivity index (χ1n) is 5.83. The standard InChI is InChI=1S/C14H10F4O3/c15-12(13(20,21)14(16,17)18)11(19)10-6-5-8-3-1-2-4-9(8)7-10/h1-7,12,20-21H. The Morgan fingerprint density at radius 1 is 1.00 bits per heavy atom. The highest BCUT2D eigenvalue weighted by Gasteiger charge is 2.61. The number of aliphatic hydroxyl groups is 2. The summed E-state index contributed by atoms with van der Waals surface area (Å²) in [6.45, 7) is 0. The fourth-order valence-electron chi connectivity index (χ4n) is 1.82. The lowest BCUT2D eigenvalue weighted by atomic mass is 9.98. The zero-order chi connectivity index (χ0) is 15.8. The first kappa shape index (κ1) is 15.4. The van der Waals surface area contributed by atoms with Crippen molar-refractivity contribution in [2.75, 3.05) is 0 Å². The fraction of sp³-hybridized carbons (Fsp3) is 0.214. The van der Waals surface area contributed by atoms with Gasteiger partial charge in [-0.25, -0.2) is 4.39 Å². The number of carbonyl (C=O) groups excluding carboxylic acids is 1. The van der Waals surface area contributed by atoms with Crippen LogP contribution in [0, 0.1) is 0 Å². The van der Waals surface area contributed by atoms with Gasteiger partial charge in [0.1, 0.15) is 0 Å². The first-order valence-corrected chi connectivity index (χ1v) is 5.83. The molecule has 0 spiro atoms. The Bertz CT molecular complexity index is 679. The smallest absolute Gasteiger partial charge is 0.356 e. The number of alkyl halides is 4. The predicted octanol–water partition coefficient (Wildman–Crippen LogP) is 2.60. The molecule has 0 amide bonds. The summed E-state index contributed by atoms with van der Waals surface area (Å²) in [5.41, 5.74) is -0.377. The maximum atomic E-state index is 13.6. The Kier molecular flexibility index (Phi) is 3.73. The highest BCUT2D eigenvalue weighted by atomic mass is 19.4. The van der Waals surface area contributed by atoms with Gasteiger partial charge in [-0.15, -0.1) is 0 Å². The van der Waals surface area contributed by atoms with E-state index in [4.69, 9.17) is 10.2 Å². The van der Waals surface area contributed by atoms with Crippen LogP contribution in [0.25, 0.3) is 10.8 Å². The normalized spacial score (nSPS) is 14.2. The molecule has 1 atom stereocenters. The lowest BCUT2D eigenvalue weighted by Gasteiger charge is -2.26. The van der Waals surface area contributed by atoms with Gasteiger partial charge in [0.15, 0.2) is 0 Å². The molecule has 0 aliphatic heterocycles. The van der Waals surface area contributed by atoms with Crippen LogP contribution < -0.4 is 0 Å². The quantitative estimate of drug-likeness (QED) is 0.520. The van der Waals surface area contributed by atoms with E-state index in [0.717, 1.165) is 6.07 Å². The molecular formula is C14H10F4O3. The molecule has 2 N–H and O–H groups in total. The summed E-state index contributed by atoms with van der Waals surface area (Å²) in [6, 6.07) is 10.4. The van der Waals surface area contributed by atoms with E-state index in [-0.39, 0.29) is 5.56 Å². The minimum atomic E-state index is -5.68. The monoisotopic (exact) mass is 302 g/mol. The fourth-order valence-corrected chi connectivity index (χ4v) is 1.82. The van der Waals surface area contributed by atoms with Gasteiger partial charge in [0.2, 0.25) is 12.0 Å². The molecule has 0 saturated carbocycles. The van der Waals surface area contributed by atoms with Crippen molar-refractivity contribution < 1.29 is 32.6 Å². The molecule has 0 aromatic heterocycles. The third-order valence-electron chi connectivity index (χ3n) is 3.03. The first-order chi connectivity index (χ1) is 9.64. The number of rotatable bonds is 3. The Hall–Kier alpha value is -1.99. The van der Waals surface area contributed by atoms with Crippen LogP contribution in [-0.4, -0.2) is 34.1 Å². The zero-order valence-electron chi connectivity index (χ0n) is 10.4. The van der Waals surface area contributed by atoms with Crippen molar-refractivity contribution >= 4 is 16.6 Å². The van der Waals surface area contributed by atoms with Crippen molar-refractivity contribution in [1.29, 1.82) is 0 Å². The second-order valence-corrected chi connectivity index (χ2v) is 4.51. The third kappa shape index (κ3) is 2.74. The van der Waals surface area contributed by atoms with E-state index in [0.29, 0.717) is 10.8 Å². The second-order valence-electron chi connectivity index (χ2n) is 4.51. The molecule has 0 aliphatic carbocycles. The number of Topliss-reactive ketones (excluding diaryl/α,β-unsaturated/α-hetero) is 1. The number of carbonyl (C=O) groups is 1. The number of benzene rings is 2. The van der Waals surface area contributed by atoms with Gasteiger partial charge in [-0.2, -0.15) is 13.2 Å². The van der Waals surface area contributed by atoms with Crippen molar-refractivity contribution in [1.82, 2.24) is 0 Å². The van der Waals surface area contributed by atoms with Crippen LogP contribution in [0.3, 0.4) is 0 Å². The molecule has 0 bridgehead atoms. The zero-order valence-corrected chi connectivity index (χ0v) is 10.4. The van der Waals surface area contributed by atoms with Gasteiger partial charge < -0.3 is 10.2 Å². The molecule has 0 radical (unpaired) electrons. The van der Waals surface area contributed by atoms with E-state index in [2.05, 4.69) is 0 Å². The maximum Gasteiger partial charge on any atom is 0.446 e. The van der Waals surface area contributed by atoms with Crippen molar-refractivity contribution in [3.05, 3.63) is 48.0 Å². The molecule has 2 aromatic rings. The lowest BCUT2D eigenvalue weighted by Crippen LogP contribution is -2.55. The summed E-state index contributed by atoms with van der Waals surface area (Å²) in [6.07, 6.45) is -9.21. The van der Waals surface area contributed by atoms with Crippen LogP contribution in [0.2, 0.25) is 0 Å². The van der Waals surface area contributed by atoms with Gasteiger partial charge in [-0.05, 0) is 16.8 Å². The minimum absolute atomic E-state index is 0.377. The Balaban J connectivity index is 2.38. The van der Waals surface area contributed by atoms with Gasteiger partial charge in [-0.1, -0.05) is 36.4 Å². The van der Waals surface area contributed by atoms with Gasteiger partial charge in [-0.3, -0.25) is 4.79 Å². The molecular weight excluding hydrogens is 292 g/mol. The Labute approximate surface area is 116 Å². The molecule has 7 heteroatoms. The molecule has 21 heavy (non-hydrogen) atoms. The molecule has 112 valence electrons. The van der Waals surface area contributed by atoms with Crippen LogP contribution in [0.15, 0.2) is 42.5 Å². The molecule has 0 fully saturated rings. The van der Waals surface area contributed by atoms with E-state index >= 15 is 0 Å². The van der Waals surface area contributed by atoms with Crippen LogP contribution in [0.5, 0.6) is 0 Å². The summed E-state index contributed by atoms with van der Waals surface area (Å²) in [4.78, 5) is 11.7. The van der Waals surface area contributed by atoms with Crippen molar-refractivity contribution in [2.24, 2.45) is 0 Å². The second kappa shape index (κ2) is 5.09. The van der Waals surface area contributed by atoms with Crippen LogP contribution in [-0.2, 0) is 0 Å². The number of ketones is 1. The highest BCUT2D eigenvalue weighted by molar-refractivity contribution is 6.03. The van der Waals surface area contributed by atoms with Gasteiger partial charge in [0.25, 0.3) is 0 Å². The summed E-state index contributed by atoms with van der Waals surface area (Å²) in [5.74, 6) is -6.38. The summed E-state index contributed by atoms with van der Waals surface area (Å²) < 4.78 is 50.5. The number of hydrogen-bond acceptors (Lipinski definition) is 3. The van der Waals surface area contributed by atoms with Crippen molar-refractivity contribution in [2.45, 2.75) is 18.1 Å². The predicted molar refractivity (Wildman–Crippen MR) is 66.4 cm³/mol. The van der Waals surface area contributed by atoms with Gasteiger partial charge >= 0.3 is 12.0 Å². The SMILES string of the molecule is O=C(c1ccc2ccccc2c1)C(F)C(O)(O)C(F)(F)F. The molecule has 0 saturated heterocycles. The van der Waals surface area contributed by atoms with Crippen LogP contribution >= 0.6 is 0 Å². The Morgan fingerprint density at radius 2 is 1.57 bits per heavy atom. The van der Waals surface area contributed by atoms with Crippen molar-refractivity contribution in [3.8, 4) is 0 Å². The van der Waals surface area contributed by atoms with Crippen molar-refractivity contribution in [3.63, 3.8) is 0 Å². The average molecular weight is 302 g/mol. The summed E-state index contributed by atoms with van der Waals surface area (Å²) >= 11 is 0. The lowest BCUT2D eigenvalue weighted by molar-refractivity contribution is -0.362. The van der Waals surface area contributed by atoms with E-state index < -0.39 is 23.9 Å². The largest absolute Gasteiger partial charge is 0.446 e. The van der Waals surface area contributed by atoms with Crippen LogP contribution in [0.4, 0.5) is 17.6 Å². The van der Waals surface area contributed by atoms with Gasteiger partial charge in [0.05, 0.1) is 0 Å². The molecule has 1 unspecified atom stereocenters. The third-order valence-corrected chi connectivity index (χ3v) is 3.03. The van der Waals surface area contributed by atoms with Gasteiger partial charge in [0, 0.05) is 5.56 Å².